The van der Waals surface area contributed by atoms with E-state index in [1.54, 1.807) is 6.07 Å². The molecule has 1 unspecified atom stereocenters. The van der Waals surface area contributed by atoms with Crippen LogP contribution in [0.15, 0.2) is 22.7 Å². The Balaban J connectivity index is 2.82. The normalized spacial score (nSPS) is 12.1. The number of aliphatic hydroxyl groups is 1. The van der Waals surface area contributed by atoms with Gasteiger partial charge in [-0.15, -0.1) is 0 Å². The average molecular weight is 275 g/mol. The summed E-state index contributed by atoms with van der Waals surface area (Å²) in [4.78, 5) is 0. The molecule has 1 N–H and O–H groups in total. The Hall–Kier alpha value is -0.560. The van der Waals surface area contributed by atoms with Crippen LogP contribution in [0.3, 0.4) is 0 Å². The fourth-order valence-corrected chi connectivity index (χ4v) is 1.85. The molecule has 0 heterocycles. The van der Waals surface area contributed by atoms with Gasteiger partial charge in [0.2, 0.25) is 0 Å². The van der Waals surface area contributed by atoms with Crippen LogP contribution >= 0.6 is 27.5 Å². The lowest BCUT2D eigenvalue weighted by atomic mass is 10.0. The number of halogens is 2. The van der Waals surface area contributed by atoms with Crippen LogP contribution in [0.1, 0.15) is 5.56 Å². The molecule has 0 amide bonds. The quantitative estimate of drug-likeness (QED) is 0.921. The second-order valence-corrected chi connectivity index (χ2v) is 4.27. The molecular formula is C10H9BrClNO. The van der Waals surface area contributed by atoms with Crippen molar-refractivity contribution in [1.82, 2.24) is 0 Å². The topological polar surface area (TPSA) is 44.0 Å². The van der Waals surface area contributed by atoms with Crippen molar-refractivity contribution in [2.45, 2.75) is 6.42 Å². The molecule has 1 aromatic carbocycles. The van der Waals surface area contributed by atoms with Crippen molar-refractivity contribution in [1.29, 1.82) is 5.26 Å². The molecular weight excluding hydrogens is 265 g/mol. The van der Waals surface area contributed by atoms with Gasteiger partial charge in [-0.3, -0.25) is 0 Å². The van der Waals surface area contributed by atoms with Crippen LogP contribution in [0.25, 0.3) is 0 Å². The number of rotatable bonds is 3. The van der Waals surface area contributed by atoms with E-state index in [9.17, 15) is 0 Å². The molecule has 0 bridgehead atoms. The lowest BCUT2D eigenvalue weighted by molar-refractivity contribution is 0.255. The number of benzene rings is 1. The zero-order chi connectivity index (χ0) is 10.6. The van der Waals surface area contributed by atoms with Gasteiger partial charge >= 0.3 is 0 Å². The Morgan fingerprint density at radius 2 is 2.29 bits per heavy atom. The Morgan fingerprint density at radius 1 is 1.57 bits per heavy atom. The van der Waals surface area contributed by atoms with Crippen molar-refractivity contribution in [3.63, 3.8) is 0 Å². The molecule has 0 saturated carbocycles. The minimum atomic E-state index is -0.381. The number of hydrogen-bond donors (Lipinski definition) is 1. The summed E-state index contributed by atoms with van der Waals surface area (Å²) in [7, 11) is 0. The van der Waals surface area contributed by atoms with Crippen LogP contribution in [0.5, 0.6) is 0 Å². The molecule has 0 spiro atoms. The second-order valence-electron chi connectivity index (χ2n) is 2.95. The minimum absolute atomic E-state index is 0.136. The lowest BCUT2D eigenvalue weighted by Gasteiger charge is -2.07. The monoisotopic (exact) mass is 273 g/mol. The maximum absolute atomic E-state index is 8.86. The van der Waals surface area contributed by atoms with E-state index in [-0.39, 0.29) is 12.5 Å². The summed E-state index contributed by atoms with van der Waals surface area (Å²) in [5.41, 5.74) is 0.885. The first-order valence-electron chi connectivity index (χ1n) is 4.11. The van der Waals surface area contributed by atoms with Gasteiger partial charge in [-0.1, -0.05) is 33.6 Å². The van der Waals surface area contributed by atoms with Gasteiger partial charge in [-0.2, -0.15) is 5.26 Å². The summed E-state index contributed by atoms with van der Waals surface area (Å²) in [5, 5.41) is 18.1. The molecule has 1 atom stereocenters. The highest BCUT2D eigenvalue weighted by atomic mass is 79.9. The third-order valence-corrected chi connectivity index (χ3v) is 2.73. The van der Waals surface area contributed by atoms with Crippen LogP contribution in [0.2, 0.25) is 5.02 Å². The molecule has 0 fully saturated rings. The first kappa shape index (κ1) is 11.5. The fourth-order valence-electron chi connectivity index (χ4n) is 1.10. The largest absolute Gasteiger partial charge is 0.395 e. The van der Waals surface area contributed by atoms with Gasteiger partial charge in [0.05, 0.1) is 18.6 Å². The molecule has 4 heteroatoms. The maximum Gasteiger partial charge on any atom is 0.0735 e. The molecule has 1 rings (SSSR count). The van der Waals surface area contributed by atoms with E-state index < -0.39 is 0 Å². The van der Waals surface area contributed by atoms with E-state index in [4.69, 9.17) is 22.0 Å². The molecule has 0 saturated heterocycles. The number of nitrogens with zero attached hydrogens (tertiary/aromatic N) is 1. The van der Waals surface area contributed by atoms with E-state index in [0.717, 1.165) is 10.0 Å². The predicted molar refractivity (Wildman–Crippen MR) is 59.0 cm³/mol. The smallest absolute Gasteiger partial charge is 0.0735 e. The van der Waals surface area contributed by atoms with Crippen molar-refractivity contribution < 1.29 is 5.11 Å². The Morgan fingerprint density at radius 3 is 2.79 bits per heavy atom. The molecule has 0 aliphatic heterocycles. The highest BCUT2D eigenvalue weighted by molar-refractivity contribution is 9.10. The Labute approximate surface area is 96.2 Å². The molecule has 0 radical (unpaired) electrons. The van der Waals surface area contributed by atoms with Crippen LogP contribution in [-0.2, 0) is 6.42 Å². The van der Waals surface area contributed by atoms with E-state index in [1.165, 1.54) is 0 Å². The number of aliphatic hydroxyl groups excluding tert-OH is 1. The van der Waals surface area contributed by atoms with Crippen molar-refractivity contribution in [3.05, 3.63) is 33.3 Å². The highest BCUT2D eigenvalue weighted by Gasteiger charge is 2.09. The van der Waals surface area contributed by atoms with Crippen LogP contribution in [0.4, 0.5) is 0 Å². The van der Waals surface area contributed by atoms with Crippen molar-refractivity contribution in [3.8, 4) is 6.07 Å². The summed E-state index contributed by atoms with van der Waals surface area (Å²) in [6, 6.07) is 7.52. The van der Waals surface area contributed by atoms with Crippen molar-refractivity contribution in [2.75, 3.05) is 6.61 Å². The first-order chi connectivity index (χ1) is 6.67. The van der Waals surface area contributed by atoms with Crippen LogP contribution in [0, 0.1) is 17.2 Å². The fraction of sp³-hybridized carbons (Fsp3) is 0.300. The Kier molecular flexibility index (Phi) is 4.40. The molecule has 0 aliphatic carbocycles. The van der Waals surface area contributed by atoms with E-state index >= 15 is 0 Å². The standard InChI is InChI=1S/C10H9BrClNO/c11-9-2-1-8(10(12)4-9)3-7(5-13)6-14/h1-2,4,7,14H,3,6H2. The average Bonchev–Trinajstić information content (AvgIpc) is 2.17. The highest BCUT2D eigenvalue weighted by Crippen LogP contribution is 2.23. The summed E-state index contributed by atoms with van der Waals surface area (Å²) < 4.78 is 0.906. The number of hydrogen-bond acceptors (Lipinski definition) is 2. The van der Waals surface area contributed by atoms with Gasteiger partial charge in [0.25, 0.3) is 0 Å². The summed E-state index contributed by atoms with van der Waals surface area (Å²) in [5.74, 6) is -0.381. The third-order valence-electron chi connectivity index (χ3n) is 1.88. The van der Waals surface area contributed by atoms with Gasteiger partial charge in [0, 0.05) is 9.50 Å². The van der Waals surface area contributed by atoms with E-state index in [1.807, 2.05) is 18.2 Å². The van der Waals surface area contributed by atoms with Crippen LogP contribution < -0.4 is 0 Å². The third kappa shape index (κ3) is 2.98. The summed E-state index contributed by atoms with van der Waals surface area (Å²) >= 11 is 9.26. The van der Waals surface area contributed by atoms with E-state index in [0.29, 0.717) is 11.4 Å². The Bertz CT molecular complexity index is 362. The molecule has 2 nitrogen and oxygen atoms in total. The maximum atomic E-state index is 8.86. The minimum Gasteiger partial charge on any atom is -0.395 e. The number of nitriles is 1. The molecule has 74 valence electrons. The first-order valence-corrected chi connectivity index (χ1v) is 5.29. The summed E-state index contributed by atoms with van der Waals surface area (Å²) in [6.45, 7) is -0.136. The van der Waals surface area contributed by atoms with E-state index in [2.05, 4.69) is 15.9 Å². The lowest BCUT2D eigenvalue weighted by Crippen LogP contribution is -2.06. The molecule has 0 aliphatic rings. The van der Waals surface area contributed by atoms with Crippen molar-refractivity contribution >= 4 is 27.5 Å². The molecule has 14 heavy (non-hydrogen) atoms. The molecule has 0 aromatic heterocycles. The summed E-state index contributed by atoms with van der Waals surface area (Å²) in [6.07, 6.45) is 0.485. The van der Waals surface area contributed by atoms with Gasteiger partial charge in [-0.05, 0) is 24.1 Å². The predicted octanol–water partition coefficient (Wildman–Crippen LogP) is 2.78. The zero-order valence-electron chi connectivity index (χ0n) is 7.37. The second kappa shape index (κ2) is 5.35. The SMILES string of the molecule is N#CC(CO)Cc1ccc(Br)cc1Cl. The van der Waals surface area contributed by atoms with Gasteiger partial charge in [0.1, 0.15) is 0 Å². The van der Waals surface area contributed by atoms with Crippen LogP contribution in [-0.4, -0.2) is 11.7 Å². The zero-order valence-corrected chi connectivity index (χ0v) is 9.72. The molecule has 1 aromatic rings. The van der Waals surface area contributed by atoms with Gasteiger partial charge in [-0.25, -0.2) is 0 Å². The van der Waals surface area contributed by atoms with Gasteiger partial charge < -0.3 is 5.11 Å². The van der Waals surface area contributed by atoms with Crippen molar-refractivity contribution in [2.24, 2.45) is 5.92 Å². The van der Waals surface area contributed by atoms with Gasteiger partial charge in [0.15, 0.2) is 0 Å².